The fourth-order valence-corrected chi connectivity index (χ4v) is 5.19. The number of nitrogens with one attached hydrogen (secondary N) is 1. The molecule has 1 aliphatic rings. The molecule has 8 nitrogen and oxygen atoms in total. The smallest absolute Gasteiger partial charge is 0.339 e. The van der Waals surface area contributed by atoms with E-state index in [1.54, 1.807) is 36.4 Å². The monoisotopic (exact) mass is 542 g/mol. The number of rotatable bonds is 7. The van der Waals surface area contributed by atoms with Gasteiger partial charge in [0.2, 0.25) is 5.91 Å². The molecule has 0 spiro atoms. The van der Waals surface area contributed by atoms with Crippen molar-refractivity contribution in [3.8, 4) is 5.75 Å². The topological polar surface area (TPSA) is 110 Å². The van der Waals surface area contributed by atoms with Crippen LogP contribution in [0.5, 0.6) is 5.75 Å². The first-order valence-electron chi connectivity index (χ1n) is 10.5. The molecule has 184 valence electrons. The van der Waals surface area contributed by atoms with Gasteiger partial charge in [-0.1, -0.05) is 35.9 Å². The van der Waals surface area contributed by atoms with Crippen LogP contribution in [0.3, 0.4) is 0 Å². The molecule has 1 N–H and O–H groups in total. The molecule has 1 saturated heterocycles. The zero-order chi connectivity index (χ0) is 25.9. The molecule has 11 heteroatoms. The lowest BCUT2D eigenvalue weighted by atomic mass is 10.2. The highest BCUT2D eigenvalue weighted by atomic mass is 35.5. The Hall–Kier alpha value is -3.60. The molecule has 0 radical (unpaired) electrons. The summed E-state index contributed by atoms with van der Waals surface area (Å²) in [6.07, 6.45) is 1.51. The second-order valence-corrected chi connectivity index (χ2v) is 10.7. The summed E-state index contributed by atoms with van der Waals surface area (Å²) < 4.78 is 30.6. The van der Waals surface area contributed by atoms with Gasteiger partial charge in [-0.3, -0.25) is 19.3 Å². The van der Waals surface area contributed by atoms with Gasteiger partial charge in [0.25, 0.3) is 11.1 Å². The number of hydrogen-bond acceptors (Lipinski definition) is 7. The van der Waals surface area contributed by atoms with Gasteiger partial charge in [0, 0.05) is 17.6 Å². The molecule has 3 aromatic rings. The highest BCUT2D eigenvalue weighted by molar-refractivity contribution is 8.18. The maximum absolute atomic E-state index is 12.8. The average molecular weight is 543 g/mol. The number of imide groups is 1. The predicted molar refractivity (Wildman–Crippen MR) is 138 cm³/mol. The quantitative estimate of drug-likeness (QED) is 0.318. The maximum atomic E-state index is 12.8. The first-order chi connectivity index (χ1) is 17.1. The van der Waals surface area contributed by atoms with E-state index in [0.29, 0.717) is 16.3 Å². The third-order valence-electron chi connectivity index (χ3n) is 4.95. The number of amides is 3. The van der Waals surface area contributed by atoms with Gasteiger partial charge in [0.15, 0.2) is 0 Å². The number of carbonyl (C=O) groups is 3. The minimum atomic E-state index is -4.15. The Kier molecular flexibility index (Phi) is 7.48. The number of halogens is 1. The summed E-state index contributed by atoms with van der Waals surface area (Å²) in [5.41, 5.74) is 1.70. The largest absolute Gasteiger partial charge is 0.379 e. The van der Waals surface area contributed by atoms with Gasteiger partial charge in [0.1, 0.15) is 10.6 Å². The van der Waals surface area contributed by atoms with Crippen molar-refractivity contribution >= 4 is 62.3 Å². The third kappa shape index (κ3) is 6.14. The number of thioether (sulfide) groups is 1. The molecule has 1 aliphatic heterocycles. The molecule has 0 atom stereocenters. The van der Waals surface area contributed by atoms with E-state index in [1.807, 2.05) is 0 Å². The van der Waals surface area contributed by atoms with Gasteiger partial charge in [0.05, 0.1) is 11.4 Å². The highest BCUT2D eigenvalue weighted by Gasteiger charge is 2.35. The van der Waals surface area contributed by atoms with E-state index in [2.05, 4.69) is 5.32 Å². The van der Waals surface area contributed by atoms with Gasteiger partial charge in [-0.25, -0.2) is 0 Å². The SMILES string of the molecule is CC(=O)Nc1ccc(S(=O)(=O)Oc2cccc(/C=C3\SC(=O)N(Cc4ccc(Cl)cc4)C3=O)c2)cc1. The van der Waals surface area contributed by atoms with E-state index in [0.717, 1.165) is 22.2 Å². The predicted octanol–water partition coefficient (Wildman–Crippen LogP) is 5.30. The second kappa shape index (κ2) is 10.6. The van der Waals surface area contributed by atoms with Crippen LogP contribution >= 0.6 is 23.4 Å². The molecule has 3 amide bonds. The van der Waals surface area contributed by atoms with E-state index in [9.17, 15) is 22.8 Å². The van der Waals surface area contributed by atoms with E-state index < -0.39 is 21.3 Å². The molecule has 3 aromatic carbocycles. The summed E-state index contributed by atoms with van der Waals surface area (Å²) >= 11 is 6.69. The standard InChI is InChI=1S/C25H19ClN2O6S2/c1-16(29)27-20-9-11-22(12-10-20)36(32,33)34-21-4-2-3-18(13-21)14-23-24(30)28(25(31)35-23)15-17-5-7-19(26)8-6-17/h2-14H,15H2,1H3,(H,27,29)/b23-14-. The molecule has 0 unspecified atom stereocenters. The van der Waals surface area contributed by atoms with Crippen LogP contribution in [-0.4, -0.2) is 30.4 Å². The maximum Gasteiger partial charge on any atom is 0.339 e. The van der Waals surface area contributed by atoms with E-state index in [1.165, 1.54) is 49.4 Å². The minimum Gasteiger partial charge on any atom is -0.379 e. The number of carbonyl (C=O) groups excluding carboxylic acids is 3. The van der Waals surface area contributed by atoms with Crippen molar-refractivity contribution in [3.05, 3.63) is 93.9 Å². The third-order valence-corrected chi connectivity index (χ3v) is 7.37. The van der Waals surface area contributed by atoms with Crippen molar-refractivity contribution in [2.75, 3.05) is 5.32 Å². The fourth-order valence-electron chi connectivity index (χ4n) is 3.30. The summed E-state index contributed by atoms with van der Waals surface area (Å²) in [4.78, 5) is 37.6. The molecular formula is C25H19ClN2O6S2. The lowest BCUT2D eigenvalue weighted by molar-refractivity contribution is -0.123. The van der Waals surface area contributed by atoms with Crippen LogP contribution in [-0.2, 0) is 26.3 Å². The van der Waals surface area contributed by atoms with Crippen LogP contribution in [0.4, 0.5) is 10.5 Å². The van der Waals surface area contributed by atoms with Gasteiger partial charge < -0.3 is 9.50 Å². The molecule has 1 heterocycles. The first-order valence-corrected chi connectivity index (χ1v) is 13.1. The van der Waals surface area contributed by atoms with Crippen LogP contribution in [0.15, 0.2) is 82.6 Å². The van der Waals surface area contributed by atoms with Gasteiger partial charge in [-0.05, 0) is 77.5 Å². The van der Waals surface area contributed by atoms with Gasteiger partial charge in [-0.15, -0.1) is 0 Å². The van der Waals surface area contributed by atoms with E-state index >= 15 is 0 Å². The van der Waals surface area contributed by atoms with Crippen LogP contribution < -0.4 is 9.50 Å². The molecule has 0 bridgehead atoms. The van der Waals surface area contributed by atoms with Crippen LogP contribution in [0.25, 0.3) is 6.08 Å². The van der Waals surface area contributed by atoms with Crippen molar-refractivity contribution in [1.29, 1.82) is 0 Å². The highest BCUT2D eigenvalue weighted by Crippen LogP contribution is 2.34. The molecule has 1 fully saturated rings. The molecule has 0 saturated carbocycles. The van der Waals surface area contributed by atoms with Crippen LogP contribution in [0, 0.1) is 0 Å². The van der Waals surface area contributed by atoms with Crippen LogP contribution in [0.1, 0.15) is 18.1 Å². The fraction of sp³-hybridized carbons (Fsp3) is 0.0800. The molecule has 4 rings (SSSR count). The number of hydrogen-bond donors (Lipinski definition) is 1. The summed E-state index contributed by atoms with van der Waals surface area (Å²) in [6, 6.07) is 18.6. The molecule has 0 aliphatic carbocycles. The summed E-state index contributed by atoms with van der Waals surface area (Å²) in [5.74, 6) is -0.685. The Morgan fingerprint density at radius 3 is 2.42 bits per heavy atom. The number of benzene rings is 3. The number of anilines is 1. The minimum absolute atomic E-state index is 0.0371. The van der Waals surface area contributed by atoms with Crippen molar-refractivity contribution in [2.24, 2.45) is 0 Å². The Balaban J connectivity index is 1.49. The van der Waals surface area contributed by atoms with Gasteiger partial charge in [-0.2, -0.15) is 8.42 Å². The number of nitrogens with zero attached hydrogens (tertiary/aromatic N) is 1. The van der Waals surface area contributed by atoms with Crippen molar-refractivity contribution in [1.82, 2.24) is 4.90 Å². The normalized spacial score (nSPS) is 14.8. The summed E-state index contributed by atoms with van der Waals surface area (Å²) in [6.45, 7) is 1.46. The summed E-state index contributed by atoms with van der Waals surface area (Å²) in [7, 11) is -4.15. The second-order valence-electron chi connectivity index (χ2n) is 7.71. The van der Waals surface area contributed by atoms with Gasteiger partial charge >= 0.3 is 10.1 Å². The van der Waals surface area contributed by atoms with Crippen molar-refractivity contribution in [3.63, 3.8) is 0 Å². The Bertz CT molecular complexity index is 1470. The Labute approximate surface area is 217 Å². The van der Waals surface area contributed by atoms with Crippen molar-refractivity contribution in [2.45, 2.75) is 18.4 Å². The van der Waals surface area contributed by atoms with Crippen molar-refractivity contribution < 1.29 is 27.0 Å². The van der Waals surface area contributed by atoms with E-state index in [4.69, 9.17) is 15.8 Å². The lowest BCUT2D eigenvalue weighted by Crippen LogP contribution is -2.27. The zero-order valence-electron chi connectivity index (χ0n) is 18.8. The Morgan fingerprint density at radius 2 is 1.75 bits per heavy atom. The zero-order valence-corrected chi connectivity index (χ0v) is 21.2. The molecule has 0 aromatic heterocycles. The Morgan fingerprint density at radius 1 is 1.06 bits per heavy atom. The average Bonchev–Trinajstić information content (AvgIpc) is 3.07. The molecule has 36 heavy (non-hydrogen) atoms. The first kappa shape index (κ1) is 25.5. The summed E-state index contributed by atoms with van der Waals surface area (Å²) in [5, 5.41) is 2.71. The van der Waals surface area contributed by atoms with E-state index in [-0.39, 0.29) is 28.0 Å². The van der Waals surface area contributed by atoms with Crippen LogP contribution in [0.2, 0.25) is 5.02 Å². The lowest BCUT2D eigenvalue weighted by Gasteiger charge is -2.12. The molecular weight excluding hydrogens is 524 g/mol.